The number of ether oxygens (including phenoxy) is 2. The molecule has 0 saturated carbocycles. The number of rotatable bonds is 4. The summed E-state index contributed by atoms with van der Waals surface area (Å²) >= 11 is 12.7. The number of halogens is 2. The molecule has 0 fully saturated rings. The minimum absolute atomic E-state index is 0.235. The molecule has 2 amide bonds. The summed E-state index contributed by atoms with van der Waals surface area (Å²) in [5.74, 6) is 0.330. The largest absolute Gasteiger partial charge is 0.497 e. The molecule has 2 aliphatic rings. The Bertz CT molecular complexity index is 1020. The van der Waals surface area contributed by atoms with E-state index >= 15 is 0 Å². The van der Waals surface area contributed by atoms with Crippen molar-refractivity contribution < 1.29 is 19.1 Å². The fraction of sp³-hybridized carbons (Fsp3) is 0.100. The minimum atomic E-state index is -0.405. The highest BCUT2D eigenvalue weighted by Crippen LogP contribution is 2.41. The van der Waals surface area contributed by atoms with Crippen LogP contribution in [0.25, 0.3) is 11.4 Å². The van der Waals surface area contributed by atoms with Crippen LogP contribution >= 0.6 is 23.2 Å². The van der Waals surface area contributed by atoms with Crippen molar-refractivity contribution in [1.29, 1.82) is 0 Å². The number of hydrogen-bond acceptors (Lipinski definition) is 4. The summed E-state index contributed by atoms with van der Waals surface area (Å²) in [4.78, 5) is 25.4. The van der Waals surface area contributed by atoms with Gasteiger partial charge in [0.25, 0.3) is 11.8 Å². The van der Waals surface area contributed by atoms with E-state index in [1.54, 1.807) is 36.4 Å². The van der Waals surface area contributed by atoms with E-state index in [9.17, 15) is 9.59 Å². The van der Waals surface area contributed by atoms with Crippen molar-refractivity contribution in [3.05, 3.63) is 68.7 Å². The van der Waals surface area contributed by atoms with E-state index in [1.807, 2.05) is 0 Å². The van der Waals surface area contributed by atoms with E-state index in [1.165, 1.54) is 14.2 Å². The fourth-order valence-electron chi connectivity index (χ4n) is 3.24. The molecule has 2 aromatic rings. The molecule has 0 aromatic heterocycles. The third kappa shape index (κ3) is 2.82. The van der Waals surface area contributed by atoms with Gasteiger partial charge in [0.05, 0.1) is 46.8 Å². The first kappa shape index (κ1) is 18.4. The Morgan fingerprint density at radius 2 is 1.11 bits per heavy atom. The second kappa shape index (κ2) is 6.89. The van der Waals surface area contributed by atoms with Crippen LogP contribution in [0, 0.1) is 0 Å². The van der Waals surface area contributed by atoms with Crippen molar-refractivity contribution in [2.24, 2.45) is 0 Å². The Morgan fingerprint density at radius 1 is 0.714 bits per heavy atom. The topological polar surface area (TPSA) is 76.7 Å². The summed E-state index contributed by atoms with van der Waals surface area (Å²) in [5.41, 5.74) is 2.23. The van der Waals surface area contributed by atoms with Gasteiger partial charge < -0.3 is 20.1 Å². The molecule has 0 radical (unpaired) electrons. The summed E-state index contributed by atoms with van der Waals surface area (Å²) in [6.45, 7) is 0. The predicted molar refractivity (Wildman–Crippen MR) is 106 cm³/mol. The Balaban J connectivity index is 1.88. The molecular weight excluding hydrogens is 403 g/mol. The van der Waals surface area contributed by atoms with Gasteiger partial charge in [0.15, 0.2) is 0 Å². The molecule has 2 aliphatic heterocycles. The van der Waals surface area contributed by atoms with Gasteiger partial charge >= 0.3 is 0 Å². The number of benzene rings is 2. The van der Waals surface area contributed by atoms with Gasteiger partial charge in [0.2, 0.25) is 0 Å². The van der Waals surface area contributed by atoms with Crippen LogP contribution in [0.3, 0.4) is 0 Å². The Kier molecular flexibility index (Phi) is 4.53. The van der Waals surface area contributed by atoms with Gasteiger partial charge in [-0.1, -0.05) is 23.2 Å². The Labute approximate surface area is 170 Å². The predicted octanol–water partition coefficient (Wildman–Crippen LogP) is 3.39. The maximum Gasteiger partial charge on any atom is 0.258 e. The van der Waals surface area contributed by atoms with Crippen LogP contribution in [0.15, 0.2) is 47.5 Å². The molecule has 142 valence electrons. The number of carbonyl (C=O) groups excluding carboxylic acids is 2. The maximum absolute atomic E-state index is 12.7. The summed E-state index contributed by atoms with van der Waals surface area (Å²) < 4.78 is 10.3. The van der Waals surface area contributed by atoms with Gasteiger partial charge in [-0.3, -0.25) is 9.59 Å². The maximum atomic E-state index is 12.7. The van der Waals surface area contributed by atoms with E-state index in [0.717, 1.165) is 0 Å². The Hall–Kier alpha value is -2.96. The molecule has 0 saturated heterocycles. The van der Waals surface area contributed by atoms with Crippen LogP contribution < -0.4 is 20.1 Å². The number of methoxy groups -OCH3 is 2. The first-order chi connectivity index (χ1) is 13.4. The zero-order chi connectivity index (χ0) is 20.0. The lowest BCUT2D eigenvalue weighted by atomic mass is 10.0. The van der Waals surface area contributed by atoms with E-state index in [2.05, 4.69) is 10.6 Å². The normalized spacial score (nSPS) is 15.6. The molecular formula is C20H14Cl2N2O4. The average Bonchev–Trinajstić information content (AvgIpc) is 3.20. The molecule has 2 aromatic carbocycles. The molecule has 8 heteroatoms. The van der Waals surface area contributed by atoms with Crippen LogP contribution in [0.2, 0.25) is 10.0 Å². The number of amides is 2. The van der Waals surface area contributed by atoms with Gasteiger partial charge in [-0.05, 0) is 36.4 Å². The lowest BCUT2D eigenvalue weighted by molar-refractivity contribution is -0.117. The number of nitrogens with one attached hydrogen (secondary N) is 2. The molecule has 28 heavy (non-hydrogen) atoms. The molecule has 2 heterocycles. The number of fused-ring (bicyclic) bond motifs is 1. The Morgan fingerprint density at radius 3 is 1.43 bits per heavy atom. The van der Waals surface area contributed by atoms with Crippen molar-refractivity contribution >= 4 is 46.4 Å². The zero-order valence-electron chi connectivity index (χ0n) is 14.9. The highest BCUT2D eigenvalue weighted by molar-refractivity contribution is 6.37. The molecule has 0 aliphatic carbocycles. The highest BCUT2D eigenvalue weighted by atomic mass is 35.5. The summed E-state index contributed by atoms with van der Waals surface area (Å²) in [7, 11) is 3.06. The number of hydrogen-bond donors (Lipinski definition) is 2. The average molecular weight is 417 g/mol. The number of carbonyl (C=O) groups is 2. The molecule has 0 unspecified atom stereocenters. The van der Waals surface area contributed by atoms with Crippen LogP contribution in [0.5, 0.6) is 11.5 Å². The zero-order valence-corrected chi connectivity index (χ0v) is 16.4. The molecule has 0 bridgehead atoms. The van der Waals surface area contributed by atoms with Crippen molar-refractivity contribution in [3.8, 4) is 11.5 Å². The van der Waals surface area contributed by atoms with Gasteiger partial charge in [-0.25, -0.2) is 0 Å². The van der Waals surface area contributed by atoms with Crippen molar-refractivity contribution in [2.75, 3.05) is 14.2 Å². The first-order valence-corrected chi connectivity index (χ1v) is 8.99. The standard InChI is InChI=1S/C20H14Cl2N2O4/c1-27-9-3-5-11(13(21)7-9)17-15-16(20(26)23-17)18(24-19(15)25)12-6-4-10(28-2)8-14(12)22/h3-8H,1-2H3,(H,23,26)(H,24,25). The lowest BCUT2D eigenvalue weighted by Crippen LogP contribution is -2.21. The highest BCUT2D eigenvalue weighted by Gasteiger charge is 2.41. The van der Waals surface area contributed by atoms with Crippen LogP contribution in [0.1, 0.15) is 11.1 Å². The van der Waals surface area contributed by atoms with E-state index < -0.39 is 11.8 Å². The van der Waals surface area contributed by atoms with Gasteiger partial charge in [0.1, 0.15) is 11.5 Å². The van der Waals surface area contributed by atoms with Crippen molar-refractivity contribution in [3.63, 3.8) is 0 Å². The van der Waals surface area contributed by atoms with Crippen molar-refractivity contribution in [1.82, 2.24) is 10.6 Å². The summed E-state index contributed by atoms with van der Waals surface area (Å²) in [5, 5.41) is 6.21. The lowest BCUT2D eigenvalue weighted by Gasteiger charge is -2.11. The fourth-order valence-corrected chi connectivity index (χ4v) is 3.77. The van der Waals surface area contributed by atoms with Gasteiger partial charge in [0, 0.05) is 11.1 Å². The van der Waals surface area contributed by atoms with Gasteiger partial charge in [-0.15, -0.1) is 0 Å². The van der Waals surface area contributed by atoms with Crippen molar-refractivity contribution in [2.45, 2.75) is 0 Å². The van der Waals surface area contributed by atoms with Crippen LogP contribution in [0.4, 0.5) is 0 Å². The third-order valence-electron chi connectivity index (χ3n) is 4.57. The second-order valence-electron chi connectivity index (χ2n) is 6.10. The molecule has 2 N–H and O–H groups in total. The third-order valence-corrected chi connectivity index (χ3v) is 5.20. The van der Waals surface area contributed by atoms with E-state index in [0.29, 0.717) is 44.1 Å². The van der Waals surface area contributed by atoms with E-state index in [4.69, 9.17) is 32.7 Å². The summed E-state index contributed by atoms with van der Waals surface area (Å²) in [6, 6.07) is 10.0. The van der Waals surface area contributed by atoms with E-state index in [-0.39, 0.29) is 11.1 Å². The van der Waals surface area contributed by atoms with Crippen LogP contribution in [-0.2, 0) is 9.59 Å². The van der Waals surface area contributed by atoms with Gasteiger partial charge in [-0.2, -0.15) is 0 Å². The SMILES string of the molecule is COc1ccc(C2=C3C(=O)NC(c4ccc(OC)cc4Cl)=C3C(=O)N2)c(Cl)c1. The molecule has 0 atom stereocenters. The monoisotopic (exact) mass is 416 g/mol. The molecule has 6 nitrogen and oxygen atoms in total. The van der Waals surface area contributed by atoms with Crippen LogP contribution in [-0.4, -0.2) is 26.0 Å². The quantitative estimate of drug-likeness (QED) is 0.800. The minimum Gasteiger partial charge on any atom is -0.497 e. The second-order valence-corrected chi connectivity index (χ2v) is 6.91. The molecule has 0 spiro atoms. The first-order valence-electron chi connectivity index (χ1n) is 8.24. The summed E-state index contributed by atoms with van der Waals surface area (Å²) in [6.07, 6.45) is 0. The smallest absolute Gasteiger partial charge is 0.258 e. The molecule has 4 rings (SSSR count).